The van der Waals surface area contributed by atoms with Crippen molar-refractivity contribution in [3.63, 3.8) is 0 Å². The van der Waals surface area contributed by atoms with Crippen molar-refractivity contribution in [2.24, 2.45) is 11.8 Å². The van der Waals surface area contributed by atoms with Gasteiger partial charge in [0, 0.05) is 34.5 Å². The molecule has 0 radical (unpaired) electrons. The molecule has 1 N–H and O–H groups in total. The van der Waals surface area contributed by atoms with Gasteiger partial charge >= 0.3 is 5.97 Å². The van der Waals surface area contributed by atoms with E-state index in [9.17, 15) is 4.79 Å². The number of hydrogen-bond donors (Lipinski definition) is 1. The molecule has 1 aliphatic carbocycles. The quantitative estimate of drug-likeness (QED) is 0.406. The van der Waals surface area contributed by atoms with Crippen LogP contribution in [0.1, 0.15) is 34.1 Å². The van der Waals surface area contributed by atoms with Crippen LogP contribution in [-0.4, -0.2) is 47.7 Å². The topological polar surface area (TPSA) is 84.5 Å². The van der Waals surface area contributed by atoms with Gasteiger partial charge in [0.2, 0.25) is 12.5 Å². The van der Waals surface area contributed by atoms with E-state index in [0.29, 0.717) is 35.3 Å². The van der Waals surface area contributed by atoms with E-state index in [0.717, 1.165) is 32.4 Å². The summed E-state index contributed by atoms with van der Waals surface area (Å²) in [6.07, 6.45) is 0. The van der Waals surface area contributed by atoms with E-state index in [2.05, 4.69) is 39.4 Å². The molecule has 0 unspecified atom stereocenters. The molecular formula is C29H28BrNO7. The van der Waals surface area contributed by atoms with Crippen LogP contribution in [0.3, 0.4) is 0 Å². The first kappa shape index (κ1) is 24.7. The molecule has 38 heavy (non-hydrogen) atoms. The molecule has 0 saturated heterocycles. The second-order valence-electron chi connectivity index (χ2n) is 9.57. The van der Waals surface area contributed by atoms with Crippen LogP contribution in [0.4, 0.5) is 5.69 Å². The monoisotopic (exact) mass is 581 g/mol. The predicted molar refractivity (Wildman–Crippen MR) is 144 cm³/mol. The Balaban J connectivity index is 1.64. The Bertz CT molecular complexity index is 1400. The lowest BCUT2D eigenvalue weighted by Crippen LogP contribution is -2.44. The van der Waals surface area contributed by atoms with Gasteiger partial charge in [0.15, 0.2) is 23.0 Å². The smallest absolute Gasteiger partial charge is 0.310 e. The molecule has 3 aliphatic rings. The van der Waals surface area contributed by atoms with Crippen molar-refractivity contribution >= 4 is 27.6 Å². The van der Waals surface area contributed by atoms with E-state index in [1.165, 1.54) is 7.11 Å². The maximum Gasteiger partial charge on any atom is 0.310 e. The normalized spacial score (nSPS) is 22.3. The molecule has 4 atom stereocenters. The second kappa shape index (κ2) is 9.62. The van der Waals surface area contributed by atoms with Crippen LogP contribution < -0.4 is 29.0 Å². The van der Waals surface area contributed by atoms with E-state index in [1.54, 1.807) is 21.3 Å². The van der Waals surface area contributed by atoms with Crippen molar-refractivity contribution in [1.29, 1.82) is 0 Å². The van der Waals surface area contributed by atoms with Gasteiger partial charge in [-0.3, -0.25) is 4.79 Å². The van der Waals surface area contributed by atoms with E-state index >= 15 is 0 Å². The van der Waals surface area contributed by atoms with E-state index in [4.69, 9.17) is 28.4 Å². The molecule has 0 saturated carbocycles. The molecule has 0 bridgehead atoms. The Morgan fingerprint density at radius 1 is 0.868 bits per heavy atom. The number of esters is 1. The van der Waals surface area contributed by atoms with Gasteiger partial charge in [0.05, 0.1) is 34.4 Å². The number of nitrogens with one attached hydrogen (secondary N) is 1. The fourth-order valence-corrected chi connectivity index (χ4v) is 6.71. The number of anilines is 1. The summed E-state index contributed by atoms with van der Waals surface area (Å²) in [6, 6.07) is 14.1. The number of carbonyl (C=O) groups excluding carboxylic acids is 1. The van der Waals surface area contributed by atoms with E-state index < -0.39 is 5.92 Å². The minimum absolute atomic E-state index is 0.0596. The largest absolute Gasteiger partial charge is 0.493 e. The minimum atomic E-state index is -0.500. The first-order valence-corrected chi connectivity index (χ1v) is 13.1. The second-order valence-corrected chi connectivity index (χ2v) is 10.5. The summed E-state index contributed by atoms with van der Waals surface area (Å²) in [5.41, 5.74) is 5.10. The standard InChI is InChI=1S/C29H28BrNO7/c1-33-23-7-14(8-24(34-2)28(23)35-3)25-16-10-21-22(38-13-37-21)11-17(16)26-18-9-15(30)5-6-20(18)31-12-19(26)27(25)29(32)36-4/h5-11,19,25-27,31H,12-13H2,1-4H3/t19-,25+,26+,27+/m0/s1. The van der Waals surface area contributed by atoms with Gasteiger partial charge in [0.1, 0.15) is 0 Å². The Labute approximate surface area is 229 Å². The summed E-state index contributed by atoms with van der Waals surface area (Å²) in [4.78, 5) is 13.7. The molecule has 3 aromatic rings. The van der Waals surface area contributed by atoms with Crippen molar-refractivity contribution < 1.29 is 33.2 Å². The molecule has 198 valence electrons. The molecule has 0 fully saturated rings. The predicted octanol–water partition coefficient (Wildman–Crippen LogP) is 5.31. The number of benzene rings is 3. The number of hydrogen-bond acceptors (Lipinski definition) is 8. The number of carbonyl (C=O) groups is 1. The van der Waals surface area contributed by atoms with Crippen LogP contribution in [0.15, 0.2) is 46.9 Å². The van der Waals surface area contributed by atoms with Crippen LogP contribution in [0.2, 0.25) is 0 Å². The van der Waals surface area contributed by atoms with E-state index in [1.807, 2.05) is 24.3 Å². The van der Waals surface area contributed by atoms with Crippen molar-refractivity contribution in [1.82, 2.24) is 0 Å². The molecule has 9 heteroatoms. The van der Waals surface area contributed by atoms with Crippen molar-refractivity contribution in [2.45, 2.75) is 11.8 Å². The third kappa shape index (κ3) is 3.74. The van der Waals surface area contributed by atoms with Gasteiger partial charge in [0.25, 0.3) is 0 Å². The molecule has 8 nitrogen and oxygen atoms in total. The number of halogens is 1. The summed E-state index contributed by atoms with van der Waals surface area (Å²) in [7, 11) is 6.19. The van der Waals surface area contributed by atoms with Gasteiger partial charge in [-0.1, -0.05) is 15.9 Å². The van der Waals surface area contributed by atoms with Crippen molar-refractivity contribution in [3.8, 4) is 28.7 Å². The van der Waals surface area contributed by atoms with Gasteiger partial charge in [-0.2, -0.15) is 0 Å². The Morgan fingerprint density at radius 3 is 2.13 bits per heavy atom. The van der Waals surface area contributed by atoms with Crippen LogP contribution in [-0.2, 0) is 9.53 Å². The fraction of sp³-hybridized carbons (Fsp3) is 0.345. The Hall–Kier alpha value is -3.59. The molecule has 6 rings (SSSR count). The molecule has 2 heterocycles. The fourth-order valence-electron chi connectivity index (χ4n) is 6.33. The highest BCUT2D eigenvalue weighted by atomic mass is 79.9. The average molecular weight is 582 g/mol. The number of ether oxygens (including phenoxy) is 6. The molecule has 0 spiro atoms. The molecule has 0 amide bonds. The van der Waals surface area contributed by atoms with Crippen molar-refractivity contribution in [2.75, 3.05) is 47.1 Å². The van der Waals surface area contributed by atoms with Gasteiger partial charge in [-0.15, -0.1) is 0 Å². The van der Waals surface area contributed by atoms with Gasteiger partial charge in [-0.05, 0) is 64.7 Å². The zero-order valence-corrected chi connectivity index (χ0v) is 23.1. The first-order valence-electron chi connectivity index (χ1n) is 12.3. The Kier molecular flexibility index (Phi) is 6.26. The summed E-state index contributed by atoms with van der Waals surface area (Å²) < 4.78 is 34.9. The lowest BCUT2D eigenvalue weighted by Gasteiger charge is -2.46. The van der Waals surface area contributed by atoms with Gasteiger partial charge in [-0.25, -0.2) is 0 Å². The zero-order chi connectivity index (χ0) is 26.6. The molecular weight excluding hydrogens is 554 g/mol. The van der Waals surface area contributed by atoms with Gasteiger partial charge < -0.3 is 33.7 Å². The van der Waals surface area contributed by atoms with Crippen LogP contribution in [0, 0.1) is 11.8 Å². The summed E-state index contributed by atoms with van der Waals surface area (Å²) in [5.74, 6) is 1.60. The maximum atomic E-state index is 13.7. The van der Waals surface area contributed by atoms with E-state index in [-0.39, 0.29) is 30.5 Å². The maximum absolute atomic E-state index is 13.7. The molecule has 0 aromatic heterocycles. The SMILES string of the molecule is COC(=O)[C@H]1[C@H](c2cc(OC)c(OC)c(OC)c2)c2cc3c(cc2[C@@H]2c4cc(Br)ccc4NC[C@@H]21)OCO3. The molecule has 3 aromatic carbocycles. The minimum Gasteiger partial charge on any atom is -0.493 e. The number of methoxy groups -OCH3 is 4. The molecule has 2 aliphatic heterocycles. The summed E-state index contributed by atoms with van der Waals surface area (Å²) in [5, 5.41) is 3.56. The first-order chi connectivity index (χ1) is 18.5. The van der Waals surface area contributed by atoms with Crippen molar-refractivity contribution in [3.05, 3.63) is 69.2 Å². The Morgan fingerprint density at radius 2 is 1.53 bits per heavy atom. The zero-order valence-electron chi connectivity index (χ0n) is 21.5. The summed E-state index contributed by atoms with van der Waals surface area (Å²) >= 11 is 3.64. The number of fused-ring (bicyclic) bond motifs is 6. The average Bonchev–Trinajstić information content (AvgIpc) is 3.41. The van der Waals surface area contributed by atoms with Crippen LogP contribution >= 0.6 is 15.9 Å². The third-order valence-electron chi connectivity index (χ3n) is 7.89. The third-order valence-corrected chi connectivity index (χ3v) is 8.39. The van der Waals surface area contributed by atoms with Crippen LogP contribution in [0.25, 0.3) is 0 Å². The lowest BCUT2D eigenvalue weighted by molar-refractivity contribution is -0.148. The lowest BCUT2D eigenvalue weighted by atomic mass is 9.59. The highest BCUT2D eigenvalue weighted by Gasteiger charge is 2.50. The summed E-state index contributed by atoms with van der Waals surface area (Å²) in [6.45, 7) is 0.763. The highest BCUT2D eigenvalue weighted by Crippen LogP contribution is 2.58. The highest BCUT2D eigenvalue weighted by molar-refractivity contribution is 9.10. The number of rotatable bonds is 5. The van der Waals surface area contributed by atoms with Crippen LogP contribution in [0.5, 0.6) is 28.7 Å².